The molecule has 0 bridgehead atoms. The second kappa shape index (κ2) is 4.94. The molecule has 1 aliphatic rings. The van der Waals surface area contributed by atoms with Crippen LogP contribution >= 0.6 is 0 Å². The molecule has 0 aliphatic heterocycles. The van der Waals surface area contributed by atoms with E-state index in [1.54, 1.807) is 0 Å². The Kier molecular flexibility index (Phi) is 3.15. The van der Waals surface area contributed by atoms with Gasteiger partial charge in [-0.15, -0.1) is 0 Å². The molecule has 0 amide bonds. The number of nitrogens with zero attached hydrogens (tertiary/aromatic N) is 2. The van der Waals surface area contributed by atoms with Crippen LogP contribution in [-0.4, -0.2) is 15.8 Å². The molecule has 1 heterocycles. The second-order valence-corrected chi connectivity index (χ2v) is 5.23. The standard InChI is InChI=1S/C15H19N3/c1-12-7-15(12)16-8-14-9-17-18(11-14)10-13-5-3-2-4-6-13/h2-6,9,11-12,15-16H,7-8,10H2,1H3. The van der Waals surface area contributed by atoms with Gasteiger partial charge in [0.2, 0.25) is 0 Å². The maximum atomic E-state index is 4.41. The van der Waals surface area contributed by atoms with Gasteiger partial charge < -0.3 is 5.32 Å². The normalized spacial score (nSPS) is 22.1. The van der Waals surface area contributed by atoms with Crippen LogP contribution in [0.3, 0.4) is 0 Å². The first kappa shape index (κ1) is 11.5. The number of hydrogen-bond donors (Lipinski definition) is 1. The van der Waals surface area contributed by atoms with Crippen LogP contribution in [0.2, 0.25) is 0 Å². The largest absolute Gasteiger partial charge is 0.310 e. The van der Waals surface area contributed by atoms with Gasteiger partial charge in [-0.05, 0) is 17.9 Å². The van der Waals surface area contributed by atoms with Crippen LogP contribution in [0, 0.1) is 5.92 Å². The zero-order valence-electron chi connectivity index (χ0n) is 10.7. The van der Waals surface area contributed by atoms with Gasteiger partial charge in [-0.3, -0.25) is 4.68 Å². The molecule has 18 heavy (non-hydrogen) atoms. The summed E-state index contributed by atoms with van der Waals surface area (Å²) in [5.41, 5.74) is 2.56. The van der Waals surface area contributed by atoms with Crippen molar-refractivity contribution in [2.24, 2.45) is 5.92 Å². The summed E-state index contributed by atoms with van der Waals surface area (Å²) in [4.78, 5) is 0. The molecule has 3 nitrogen and oxygen atoms in total. The van der Waals surface area contributed by atoms with Gasteiger partial charge in [-0.2, -0.15) is 5.10 Å². The van der Waals surface area contributed by atoms with E-state index in [9.17, 15) is 0 Å². The Hall–Kier alpha value is -1.61. The molecule has 1 aliphatic carbocycles. The van der Waals surface area contributed by atoms with Crippen molar-refractivity contribution in [1.29, 1.82) is 0 Å². The molecule has 0 radical (unpaired) electrons. The van der Waals surface area contributed by atoms with Crippen LogP contribution in [-0.2, 0) is 13.1 Å². The van der Waals surface area contributed by atoms with Crippen molar-refractivity contribution >= 4 is 0 Å². The topological polar surface area (TPSA) is 29.9 Å². The summed E-state index contributed by atoms with van der Waals surface area (Å²) < 4.78 is 2.00. The predicted octanol–water partition coefficient (Wildman–Crippen LogP) is 2.43. The van der Waals surface area contributed by atoms with E-state index < -0.39 is 0 Å². The molecule has 3 heteroatoms. The van der Waals surface area contributed by atoms with Crippen molar-refractivity contribution in [2.45, 2.75) is 32.5 Å². The highest BCUT2D eigenvalue weighted by atomic mass is 15.3. The molecule has 3 rings (SSSR count). The number of rotatable bonds is 5. The molecule has 0 saturated heterocycles. The molecule has 2 aromatic rings. The average Bonchev–Trinajstić information content (AvgIpc) is 2.91. The lowest BCUT2D eigenvalue weighted by atomic mass is 10.2. The van der Waals surface area contributed by atoms with E-state index in [1.165, 1.54) is 17.5 Å². The summed E-state index contributed by atoms with van der Waals surface area (Å²) in [5.74, 6) is 0.851. The van der Waals surface area contributed by atoms with Gasteiger partial charge in [0.15, 0.2) is 0 Å². The van der Waals surface area contributed by atoms with Crippen LogP contribution in [0.4, 0.5) is 0 Å². The fraction of sp³-hybridized carbons (Fsp3) is 0.400. The van der Waals surface area contributed by atoms with E-state index >= 15 is 0 Å². The van der Waals surface area contributed by atoms with Crippen molar-refractivity contribution in [1.82, 2.24) is 15.1 Å². The maximum absolute atomic E-state index is 4.41. The van der Waals surface area contributed by atoms with E-state index in [1.807, 2.05) is 16.9 Å². The molecule has 2 atom stereocenters. The van der Waals surface area contributed by atoms with Gasteiger partial charge in [0.1, 0.15) is 0 Å². The summed E-state index contributed by atoms with van der Waals surface area (Å²) in [6.07, 6.45) is 5.41. The van der Waals surface area contributed by atoms with Gasteiger partial charge in [0, 0.05) is 24.3 Å². The molecule has 1 fully saturated rings. The Morgan fingerprint density at radius 3 is 2.78 bits per heavy atom. The van der Waals surface area contributed by atoms with E-state index in [0.29, 0.717) is 0 Å². The van der Waals surface area contributed by atoms with Crippen molar-refractivity contribution in [3.63, 3.8) is 0 Å². The van der Waals surface area contributed by atoms with Crippen molar-refractivity contribution < 1.29 is 0 Å². The molecule has 1 aromatic carbocycles. The fourth-order valence-corrected chi connectivity index (χ4v) is 2.21. The van der Waals surface area contributed by atoms with E-state index in [4.69, 9.17) is 0 Å². The minimum Gasteiger partial charge on any atom is -0.310 e. The second-order valence-electron chi connectivity index (χ2n) is 5.23. The lowest BCUT2D eigenvalue weighted by Crippen LogP contribution is -2.16. The molecule has 2 unspecified atom stereocenters. The van der Waals surface area contributed by atoms with Crippen LogP contribution in [0.5, 0.6) is 0 Å². The number of benzene rings is 1. The Labute approximate surface area is 108 Å². The lowest BCUT2D eigenvalue weighted by Gasteiger charge is -2.01. The van der Waals surface area contributed by atoms with E-state index in [-0.39, 0.29) is 0 Å². The molecular formula is C15H19N3. The Bertz CT molecular complexity index is 503. The average molecular weight is 241 g/mol. The first-order valence-corrected chi connectivity index (χ1v) is 6.60. The van der Waals surface area contributed by atoms with E-state index in [2.05, 4.69) is 47.8 Å². The minimum absolute atomic E-state index is 0.725. The highest BCUT2D eigenvalue weighted by Gasteiger charge is 2.31. The lowest BCUT2D eigenvalue weighted by molar-refractivity contribution is 0.649. The summed E-state index contributed by atoms with van der Waals surface area (Å²) in [5, 5.41) is 7.95. The smallest absolute Gasteiger partial charge is 0.0659 e. The first-order valence-electron chi connectivity index (χ1n) is 6.60. The van der Waals surface area contributed by atoms with Crippen LogP contribution in [0.1, 0.15) is 24.5 Å². The Balaban J connectivity index is 1.56. The van der Waals surface area contributed by atoms with Gasteiger partial charge in [-0.25, -0.2) is 0 Å². The van der Waals surface area contributed by atoms with Gasteiger partial charge >= 0.3 is 0 Å². The molecular weight excluding hydrogens is 222 g/mol. The number of nitrogens with one attached hydrogen (secondary N) is 1. The van der Waals surface area contributed by atoms with Gasteiger partial charge in [0.05, 0.1) is 12.7 Å². The molecule has 0 spiro atoms. The quantitative estimate of drug-likeness (QED) is 0.871. The van der Waals surface area contributed by atoms with Crippen molar-refractivity contribution in [3.05, 3.63) is 53.9 Å². The van der Waals surface area contributed by atoms with Crippen molar-refractivity contribution in [3.8, 4) is 0 Å². The van der Waals surface area contributed by atoms with E-state index in [0.717, 1.165) is 25.0 Å². The maximum Gasteiger partial charge on any atom is 0.0659 e. The predicted molar refractivity (Wildman–Crippen MR) is 72.2 cm³/mol. The Morgan fingerprint density at radius 1 is 1.28 bits per heavy atom. The highest BCUT2D eigenvalue weighted by molar-refractivity contribution is 5.15. The third-order valence-corrected chi connectivity index (χ3v) is 3.55. The molecule has 1 N–H and O–H groups in total. The Morgan fingerprint density at radius 2 is 2.06 bits per heavy atom. The van der Waals surface area contributed by atoms with Crippen LogP contribution < -0.4 is 5.32 Å². The van der Waals surface area contributed by atoms with Gasteiger partial charge in [0.25, 0.3) is 0 Å². The summed E-state index contributed by atoms with van der Waals surface area (Å²) in [6, 6.07) is 11.2. The third-order valence-electron chi connectivity index (χ3n) is 3.55. The third kappa shape index (κ3) is 2.79. The zero-order chi connectivity index (χ0) is 12.4. The molecule has 1 aromatic heterocycles. The number of aromatic nitrogens is 2. The highest BCUT2D eigenvalue weighted by Crippen LogP contribution is 2.29. The molecule has 1 saturated carbocycles. The summed E-state index contributed by atoms with van der Waals surface area (Å²) >= 11 is 0. The SMILES string of the molecule is CC1CC1NCc1cnn(Cc2ccccc2)c1. The zero-order valence-corrected chi connectivity index (χ0v) is 10.7. The minimum atomic E-state index is 0.725. The summed E-state index contributed by atoms with van der Waals surface area (Å²) in [7, 11) is 0. The summed E-state index contributed by atoms with van der Waals surface area (Å²) in [6.45, 7) is 4.07. The fourth-order valence-electron chi connectivity index (χ4n) is 2.21. The monoisotopic (exact) mass is 241 g/mol. The van der Waals surface area contributed by atoms with Crippen LogP contribution in [0.25, 0.3) is 0 Å². The first-order chi connectivity index (χ1) is 8.81. The molecule has 94 valence electrons. The number of hydrogen-bond acceptors (Lipinski definition) is 2. The van der Waals surface area contributed by atoms with Gasteiger partial charge in [-0.1, -0.05) is 37.3 Å². The van der Waals surface area contributed by atoms with Crippen molar-refractivity contribution in [2.75, 3.05) is 0 Å². The van der Waals surface area contributed by atoms with Crippen LogP contribution in [0.15, 0.2) is 42.7 Å².